The zero-order valence-corrected chi connectivity index (χ0v) is 13.2. The van der Waals surface area contributed by atoms with Crippen LogP contribution in [-0.2, 0) is 10.0 Å². The molecule has 1 aromatic rings. The molecule has 2 rings (SSSR count). The molecule has 1 N–H and O–H groups in total. The second kappa shape index (κ2) is 6.11. The Morgan fingerprint density at radius 1 is 1.25 bits per heavy atom. The maximum absolute atomic E-state index is 12.6. The highest BCUT2D eigenvalue weighted by molar-refractivity contribution is 7.89. The van der Waals surface area contributed by atoms with Crippen molar-refractivity contribution in [2.24, 2.45) is 0 Å². The number of benzene rings is 1. The van der Waals surface area contributed by atoms with Crippen molar-refractivity contribution in [2.75, 3.05) is 38.5 Å². The molecule has 1 fully saturated rings. The van der Waals surface area contributed by atoms with E-state index in [0.717, 1.165) is 18.8 Å². The molecule has 5 nitrogen and oxygen atoms in total. The topological polar surface area (TPSA) is 52.7 Å². The highest BCUT2D eigenvalue weighted by Gasteiger charge is 2.30. The summed E-state index contributed by atoms with van der Waals surface area (Å²) in [5.74, 6) is 0. The van der Waals surface area contributed by atoms with Crippen LogP contribution in [0.3, 0.4) is 0 Å². The van der Waals surface area contributed by atoms with Crippen molar-refractivity contribution in [1.29, 1.82) is 0 Å². The first-order chi connectivity index (χ1) is 9.45. The van der Waals surface area contributed by atoms with E-state index < -0.39 is 10.0 Å². The van der Waals surface area contributed by atoms with Gasteiger partial charge in [-0.2, -0.15) is 4.31 Å². The molecule has 0 amide bonds. The third kappa shape index (κ3) is 3.13. The molecule has 1 aromatic carbocycles. The molecule has 1 aliphatic rings. The first-order valence-electron chi connectivity index (χ1n) is 6.99. The van der Waals surface area contributed by atoms with Crippen LogP contribution in [0.4, 0.5) is 5.69 Å². The normalized spacial score (nSPS) is 21.9. The Labute approximate surface area is 121 Å². The van der Waals surface area contributed by atoms with Crippen LogP contribution < -0.4 is 5.32 Å². The Bertz CT molecular complexity index is 542. The molecule has 1 aliphatic heterocycles. The average molecular weight is 297 g/mol. The van der Waals surface area contributed by atoms with Crippen LogP contribution >= 0.6 is 0 Å². The lowest BCUT2D eigenvalue weighted by molar-refractivity contribution is 0.159. The van der Waals surface area contributed by atoms with Crippen molar-refractivity contribution < 1.29 is 8.42 Å². The lowest BCUT2D eigenvalue weighted by Crippen LogP contribution is -2.51. The summed E-state index contributed by atoms with van der Waals surface area (Å²) in [5.41, 5.74) is 0.943. The number of likely N-dealkylation sites (N-methyl/N-ethyl adjacent to an activating group) is 1. The maximum atomic E-state index is 12.6. The number of nitrogens with one attached hydrogen (secondary N) is 1. The Morgan fingerprint density at radius 2 is 1.90 bits per heavy atom. The Kier molecular flexibility index (Phi) is 4.67. The van der Waals surface area contributed by atoms with Crippen LogP contribution in [0, 0.1) is 0 Å². The molecule has 0 aliphatic carbocycles. The molecule has 1 heterocycles. The van der Waals surface area contributed by atoms with E-state index in [1.165, 1.54) is 0 Å². The molecule has 0 spiro atoms. The fraction of sp³-hybridized carbons (Fsp3) is 0.571. The van der Waals surface area contributed by atoms with Crippen LogP contribution in [0.5, 0.6) is 0 Å². The summed E-state index contributed by atoms with van der Waals surface area (Å²) >= 11 is 0. The summed E-state index contributed by atoms with van der Waals surface area (Å²) in [7, 11) is -1.34. The molecule has 0 radical (unpaired) electrons. The van der Waals surface area contributed by atoms with Gasteiger partial charge in [0.15, 0.2) is 0 Å². The van der Waals surface area contributed by atoms with Crippen LogP contribution in [-0.4, -0.2) is 56.9 Å². The predicted octanol–water partition coefficient (Wildman–Crippen LogP) is 1.44. The first kappa shape index (κ1) is 15.3. The minimum Gasteiger partial charge on any atom is -0.385 e. The van der Waals surface area contributed by atoms with Gasteiger partial charge in [0, 0.05) is 37.9 Å². The van der Waals surface area contributed by atoms with Crippen LogP contribution in [0.1, 0.15) is 13.8 Å². The molecule has 0 aromatic heterocycles. The van der Waals surface area contributed by atoms with Crippen molar-refractivity contribution in [3.8, 4) is 0 Å². The second-order valence-electron chi connectivity index (χ2n) is 5.25. The summed E-state index contributed by atoms with van der Waals surface area (Å²) < 4.78 is 26.8. The van der Waals surface area contributed by atoms with Gasteiger partial charge in [-0.15, -0.1) is 0 Å². The molecule has 112 valence electrons. The fourth-order valence-corrected chi connectivity index (χ4v) is 3.84. The SMILES string of the molecule is CCNc1ccc(S(=O)(=O)N2CCN(C)C(C)C2)cc1. The smallest absolute Gasteiger partial charge is 0.243 e. The van der Waals surface area contributed by atoms with Crippen molar-refractivity contribution in [2.45, 2.75) is 24.8 Å². The van der Waals surface area contributed by atoms with Gasteiger partial charge in [0.1, 0.15) is 0 Å². The molecule has 1 saturated heterocycles. The highest BCUT2D eigenvalue weighted by Crippen LogP contribution is 2.21. The number of piperazine rings is 1. The second-order valence-corrected chi connectivity index (χ2v) is 7.19. The molecule has 20 heavy (non-hydrogen) atoms. The highest BCUT2D eigenvalue weighted by atomic mass is 32.2. The van der Waals surface area contributed by atoms with Gasteiger partial charge in [-0.05, 0) is 45.2 Å². The average Bonchev–Trinajstić information content (AvgIpc) is 2.43. The third-order valence-electron chi connectivity index (χ3n) is 3.80. The molecule has 6 heteroatoms. The number of hydrogen-bond donors (Lipinski definition) is 1. The number of anilines is 1. The van der Waals surface area contributed by atoms with E-state index in [2.05, 4.69) is 17.1 Å². The summed E-state index contributed by atoms with van der Waals surface area (Å²) in [6.07, 6.45) is 0. The molecule has 1 atom stereocenters. The van der Waals surface area contributed by atoms with Gasteiger partial charge in [-0.3, -0.25) is 0 Å². The number of sulfonamides is 1. The molecule has 0 saturated carbocycles. The summed E-state index contributed by atoms with van der Waals surface area (Å²) in [6.45, 7) is 6.76. The van der Waals surface area contributed by atoms with E-state index >= 15 is 0 Å². The van der Waals surface area contributed by atoms with Gasteiger partial charge in [0.05, 0.1) is 4.90 Å². The van der Waals surface area contributed by atoms with E-state index in [4.69, 9.17) is 0 Å². The molecule has 0 bridgehead atoms. The Balaban J connectivity index is 2.17. The molecule has 1 unspecified atom stereocenters. The van der Waals surface area contributed by atoms with Crippen molar-refractivity contribution in [3.63, 3.8) is 0 Å². The zero-order chi connectivity index (χ0) is 14.8. The third-order valence-corrected chi connectivity index (χ3v) is 5.67. The number of rotatable bonds is 4. The largest absolute Gasteiger partial charge is 0.385 e. The van der Waals surface area contributed by atoms with E-state index in [1.807, 2.05) is 26.1 Å². The number of hydrogen-bond acceptors (Lipinski definition) is 4. The van der Waals surface area contributed by atoms with E-state index in [-0.39, 0.29) is 6.04 Å². The van der Waals surface area contributed by atoms with Gasteiger partial charge in [-0.1, -0.05) is 0 Å². The van der Waals surface area contributed by atoms with Gasteiger partial charge >= 0.3 is 0 Å². The van der Waals surface area contributed by atoms with Crippen molar-refractivity contribution >= 4 is 15.7 Å². The molecular formula is C14H23N3O2S. The summed E-state index contributed by atoms with van der Waals surface area (Å²) in [6, 6.07) is 7.23. The fourth-order valence-electron chi connectivity index (χ4n) is 2.33. The van der Waals surface area contributed by atoms with Crippen molar-refractivity contribution in [1.82, 2.24) is 9.21 Å². The Morgan fingerprint density at radius 3 is 2.45 bits per heavy atom. The van der Waals surface area contributed by atoms with Gasteiger partial charge in [0.25, 0.3) is 0 Å². The number of nitrogens with zero attached hydrogens (tertiary/aromatic N) is 2. The van der Waals surface area contributed by atoms with Gasteiger partial charge in [0.2, 0.25) is 10.0 Å². The molecular weight excluding hydrogens is 274 g/mol. The summed E-state index contributed by atoms with van der Waals surface area (Å²) in [5, 5.41) is 3.16. The first-order valence-corrected chi connectivity index (χ1v) is 8.43. The maximum Gasteiger partial charge on any atom is 0.243 e. The summed E-state index contributed by atoms with van der Waals surface area (Å²) in [4.78, 5) is 2.55. The quantitative estimate of drug-likeness (QED) is 0.914. The van der Waals surface area contributed by atoms with Crippen LogP contribution in [0.15, 0.2) is 29.2 Å². The lowest BCUT2D eigenvalue weighted by Gasteiger charge is -2.36. The minimum atomic E-state index is -3.37. The predicted molar refractivity (Wildman–Crippen MR) is 81.5 cm³/mol. The Hall–Kier alpha value is -1.11. The van der Waals surface area contributed by atoms with Crippen LogP contribution in [0.25, 0.3) is 0 Å². The van der Waals surface area contributed by atoms with Crippen LogP contribution in [0.2, 0.25) is 0 Å². The van der Waals surface area contributed by atoms with E-state index in [0.29, 0.717) is 18.0 Å². The van der Waals surface area contributed by atoms with Gasteiger partial charge in [-0.25, -0.2) is 8.42 Å². The monoisotopic (exact) mass is 297 g/mol. The van der Waals surface area contributed by atoms with E-state index in [9.17, 15) is 8.42 Å². The minimum absolute atomic E-state index is 0.250. The van der Waals surface area contributed by atoms with Crippen molar-refractivity contribution in [3.05, 3.63) is 24.3 Å². The standard InChI is InChI=1S/C14H23N3O2S/c1-4-15-13-5-7-14(8-6-13)20(18,19)17-10-9-16(3)12(2)11-17/h5-8,12,15H,4,9-11H2,1-3H3. The van der Waals surface area contributed by atoms with Gasteiger partial charge < -0.3 is 10.2 Å². The lowest BCUT2D eigenvalue weighted by atomic mass is 10.2. The van der Waals surface area contributed by atoms with E-state index in [1.54, 1.807) is 16.4 Å². The zero-order valence-electron chi connectivity index (χ0n) is 12.3.